The lowest BCUT2D eigenvalue weighted by Crippen LogP contribution is -2.42. The van der Waals surface area contributed by atoms with Gasteiger partial charge in [0.2, 0.25) is 0 Å². The van der Waals surface area contributed by atoms with Gasteiger partial charge in [0.15, 0.2) is 5.11 Å². The smallest absolute Gasteiger partial charge is 0.166 e. The maximum atomic E-state index is 5.43. The SMILES string of the molecule is CN(C)Cc1ccccc1CNC(=S)NC1CCCCC1. The van der Waals surface area contributed by atoms with Crippen molar-refractivity contribution in [1.29, 1.82) is 0 Å². The van der Waals surface area contributed by atoms with E-state index in [-0.39, 0.29) is 0 Å². The topological polar surface area (TPSA) is 27.3 Å². The van der Waals surface area contributed by atoms with Crippen LogP contribution in [0.3, 0.4) is 0 Å². The minimum absolute atomic E-state index is 0.566. The molecule has 21 heavy (non-hydrogen) atoms. The highest BCUT2D eigenvalue weighted by Crippen LogP contribution is 2.17. The third kappa shape index (κ3) is 5.64. The first-order valence-corrected chi connectivity index (χ1v) is 8.32. The van der Waals surface area contributed by atoms with Crippen molar-refractivity contribution in [2.24, 2.45) is 0 Å². The maximum Gasteiger partial charge on any atom is 0.166 e. The van der Waals surface area contributed by atoms with Crippen molar-refractivity contribution in [2.75, 3.05) is 14.1 Å². The highest BCUT2D eigenvalue weighted by Gasteiger charge is 2.13. The third-order valence-electron chi connectivity index (χ3n) is 3.98. The molecule has 2 N–H and O–H groups in total. The number of benzene rings is 1. The molecule has 0 heterocycles. The molecule has 1 aromatic rings. The molecule has 0 aromatic heterocycles. The summed E-state index contributed by atoms with van der Waals surface area (Å²) in [6.45, 7) is 1.75. The molecule has 1 aromatic carbocycles. The first-order chi connectivity index (χ1) is 10.1. The van der Waals surface area contributed by atoms with E-state index < -0.39 is 0 Å². The third-order valence-corrected chi connectivity index (χ3v) is 4.25. The van der Waals surface area contributed by atoms with Gasteiger partial charge in [-0.3, -0.25) is 0 Å². The van der Waals surface area contributed by atoms with E-state index in [4.69, 9.17) is 12.2 Å². The van der Waals surface area contributed by atoms with E-state index in [1.165, 1.54) is 43.2 Å². The Kier molecular flexibility index (Phi) is 6.46. The highest BCUT2D eigenvalue weighted by molar-refractivity contribution is 7.80. The van der Waals surface area contributed by atoms with Crippen LogP contribution in [0.4, 0.5) is 0 Å². The average Bonchev–Trinajstić information content (AvgIpc) is 2.47. The predicted molar refractivity (Wildman–Crippen MR) is 93.3 cm³/mol. The Labute approximate surface area is 134 Å². The molecular formula is C17H27N3S. The second-order valence-corrected chi connectivity index (χ2v) is 6.58. The van der Waals surface area contributed by atoms with Crippen molar-refractivity contribution in [1.82, 2.24) is 15.5 Å². The molecule has 0 bridgehead atoms. The Bertz CT molecular complexity index is 453. The summed E-state index contributed by atoms with van der Waals surface area (Å²) in [5, 5.41) is 7.61. The number of nitrogens with zero attached hydrogens (tertiary/aromatic N) is 1. The molecular weight excluding hydrogens is 278 g/mol. The van der Waals surface area contributed by atoms with Crippen molar-refractivity contribution in [2.45, 2.75) is 51.2 Å². The Morgan fingerprint density at radius 3 is 2.48 bits per heavy atom. The lowest BCUT2D eigenvalue weighted by Gasteiger charge is -2.24. The molecule has 0 unspecified atom stereocenters. The standard InChI is InChI=1S/C17H27N3S/c1-20(2)13-15-9-7-6-8-14(15)12-18-17(21)19-16-10-4-3-5-11-16/h6-9,16H,3-5,10-13H2,1-2H3,(H2,18,19,21). The number of thiocarbonyl (C=S) groups is 1. The number of rotatable bonds is 5. The molecule has 0 aliphatic heterocycles. The molecule has 0 amide bonds. The fraction of sp³-hybridized carbons (Fsp3) is 0.588. The summed E-state index contributed by atoms with van der Waals surface area (Å²) in [6, 6.07) is 9.12. The zero-order chi connectivity index (χ0) is 15.1. The van der Waals surface area contributed by atoms with E-state index >= 15 is 0 Å². The van der Waals surface area contributed by atoms with Crippen LogP contribution in [0.15, 0.2) is 24.3 Å². The monoisotopic (exact) mass is 305 g/mol. The predicted octanol–water partition coefficient (Wildman–Crippen LogP) is 3.05. The van der Waals surface area contributed by atoms with Crippen LogP contribution in [0.25, 0.3) is 0 Å². The van der Waals surface area contributed by atoms with Crippen molar-refractivity contribution >= 4 is 17.3 Å². The summed E-state index contributed by atoms with van der Waals surface area (Å²) in [6.07, 6.45) is 6.52. The van der Waals surface area contributed by atoms with Gasteiger partial charge in [-0.05, 0) is 50.3 Å². The van der Waals surface area contributed by atoms with E-state index in [0.717, 1.165) is 18.2 Å². The molecule has 1 aliphatic rings. The lowest BCUT2D eigenvalue weighted by molar-refractivity contribution is 0.400. The molecule has 2 rings (SSSR count). The minimum atomic E-state index is 0.566. The fourth-order valence-electron chi connectivity index (χ4n) is 2.88. The van der Waals surface area contributed by atoms with Crippen molar-refractivity contribution < 1.29 is 0 Å². The van der Waals surface area contributed by atoms with Crippen LogP contribution in [0.5, 0.6) is 0 Å². The van der Waals surface area contributed by atoms with E-state index in [2.05, 4.69) is 53.9 Å². The largest absolute Gasteiger partial charge is 0.360 e. The molecule has 116 valence electrons. The summed E-state index contributed by atoms with van der Waals surface area (Å²) in [5.41, 5.74) is 2.68. The van der Waals surface area contributed by atoms with Gasteiger partial charge in [-0.25, -0.2) is 0 Å². The van der Waals surface area contributed by atoms with Crippen molar-refractivity contribution in [3.63, 3.8) is 0 Å². The minimum Gasteiger partial charge on any atom is -0.360 e. The van der Waals surface area contributed by atoms with Gasteiger partial charge in [-0.1, -0.05) is 43.5 Å². The Morgan fingerprint density at radius 2 is 1.81 bits per heavy atom. The quantitative estimate of drug-likeness (QED) is 0.818. The summed E-state index contributed by atoms with van der Waals surface area (Å²) in [5.74, 6) is 0. The van der Waals surface area contributed by atoms with Gasteiger partial charge in [0.25, 0.3) is 0 Å². The summed E-state index contributed by atoms with van der Waals surface area (Å²) in [7, 11) is 4.19. The van der Waals surface area contributed by atoms with E-state index in [0.29, 0.717) is 6.04 Å². The van der Waals surface area contributed by atoms with Crippen LogP contribution in [0.2, 0.25) is 0 Å². The molecule has 0 atom stereocenters. The van der Waals surface area contributed by atoms with Gasteiger partial charge in [-0.2, -0.15) is 0 Å². The summed E-state index contributed by atoms with van der Waals surface area (Å²) < 4.78 is 0. The molecule has 0 saturated heterocycles. The Balaban J connectivity index is 1.83. The van der Waals surface area contributed by atoms with Crippen LogP contribution < -0.4 is 10.6 Å². The van der Waals surface area contributed by atoms with Gasteiger partial charge in [0, 0.05) is 19.1 Å². The number of nitrogens with one attached hydrogen (secondary N) is 2. The lowest BCUT2D eigenvalue weighted by atomic mass is 9.96. The van der Waals surface area contributed by atoms with Gasteiger partial charge < -0.3 is 15.5 Å². The van der Waals surface area contributed by atoms with E-state index in [9.17, 15) is 0 Å². The van der Waals surface area contributed by atoms with Crippen LogP contribution in [-0.4, -0.2) is 30.1 Å². The number of hydrogen-bond acceptors (Lipinski definition) is 2. The first-order valence-electron chi connectivity index (χ1n) is 7.91. The number of hydrogen-bond donors (Lipinski definition) is 2. The zero-order valence-corrected chi connectivity index (χ0v) is 14.0. The van der Waals surface area contributed by atoms with Crippen LogP contribution in [0.1, 0.15) is 43.2 Å². The summed E-state index contributed by atoms with van der Waals surface area (Å²) >= 11 is 5.43. The molecule has 0 radical (unpaired) electrons. The second kappa shape index (κ2) is 8.35. The molecule has 3 nitrogen and oxygen atoms in total. The Morgan fingerprint density at radius 1 is 1.14 bits per heavy atom. The van der Waals surface area contributed by atoms with Crippen molar-refractivity contribution in [3.8, 4) is 0 Å². The van der Waals surface area contributed by atoms with E-state index in [1.807, 2.05) is 0 Å². The molecule has 0 spiro atoms. The maximum absolute atomic E-state index is 5.43. The van der Waals surface area contributed by atoms with Gasteiger partial charge in [-0.15, -0.1) is 0 Å². The zero-order valence-electron chi connectivity index (χ0n) is 13.2. The molecule has 1 fully saturated rings. The van der Waals surface area contributed by atoms with E-state index in [1.54, 1.807) is 0 Å². The second-order valence-electron chi connectivity index (χ2n) is 6.17. The van der Waals surface area contributed by atoms with Gasteiger partial charge in [0.05, 0.1) is 0 Å². The average molecular weight is 305 g/mol. The highest BCUT2D eigenvalue weighted by atomic mass is 32.1. The Hall–Kier alpha value is -1.13. The van der Waals surface area contributed by atoms with Crippen LogP contribution >= 0.6 is 12.2 Å². The normalized spacial score (nSPS) is 16.0. The summed E-state index contributed by atoms with van der Waals surface area (Å²) in [4.78, 5) is 2.19. The van der Waals surface area contributed by atoms with Crippen LogP contribution in [0, 0.1) is 0 Å². The van der Waals surface area contributed by atoms with Crippen molar-refractivity contribution in [3.05, 3.63) is 35.4 Å². The van der Waals surface area contributed by atoms with Crippen LogP contribution in [-0.2, 0) is 13.1 Å². The van der Waals surface area contributed by atoms with Gasteiger partial charge >= 0.3 is 0 Å². The first kappa shape index (κ1) is 16.2. The molecule has 1 saturated carbocycles. The van der Waals surface area contributed by atoms with Gasteiger partial charge in [0.1, 0.15) is 0 Å². The fourth-order valence-corrected chi connectivity index (χ4v) is 3.12. The molecule has 1 aliphatic carbocycles. The molecule has 4 heteroatoms.